The third-order valence-electron chi connectivity index (χ3n) is 4.60. The minimum atomic E-state index is -3.71. The van der Waals surface area contributed by atoms with Gasteiger partial charge in [-0.15, -0.1) is 0 Å². The van der Waals surface area contributed by atoms with Crippen molar-refractivity contribution >= 4 is 50.5 Å². The zero-order chi connectivity index (χ0) is 21.9. The standard InChI is InChI=1S/C22H20Cl2N2O3S/c1-15-13-18(24)7-12-21(15)25-22(27)14-16-3-8-19(9-4-16)26(2)30(28,29)20-10-5-17(23)6-11-20/h3-13H,14H2,1-2H3,(H,25,27). The largest absolute Gasteiger partial charge is 0.326 e. The average molecular weight is 463 g/mol. The van der Waals surface area contributed by atoms with Gasteiger partial charge in [-0.3, -0.25) is 9.10 Å². The number of carbonyl (C=O) groups excluding carboxylic acids is 1. The number of aryl methyl sites for hydroxylation is 1. The van der Waals surface area contributed by atoms with Gasteiger partial charge in [0.15, 0.2) is 0 Å². The molecule has 3 rings (SSSR count). The molecule has 0 saturated carbocycles. The van der Waals surface area contributed by atoms with E-state index in [2.05, 4.69) is 5.32 Å². The van der Waals surface area contributed by atoms with E-state index in [1.54, 1.807) is 42.5 Å². The summed E-state index contributed by atoms with van der Waals surface area (Å²) in [5.41, 5.74) is 2.83. The topological polar surface area (TPSA) is 66.5 Å². The second kappa shape index (κ2) is 9.08. The Bertz CT molecular complexity index is 1160. The van der Waals surface area contributed by atoms with Gasteiger partial charge >= 0.3 is 0 Å². The molecule has 0 aliphatic carbocycles. The van der Waals surface area contributed by atoms with Crippen LogP contribution in [-0.4, -0.2) is 21.4 Å². The summed E-state index contributed by atoms with van der Waals surface area (Å²) in [6.45, 7) is 1.87. The lowest BCUT2D eigenvalue weighted by Crippen LogP contribution is -2.26. The molecular formula is C22H20Cl2N2O3S. The van der Waals surface area contributed by atoms with E-state index in [0.717, 1.165) is 11.1 Å². The summed E-state index contributed by atoms with van der Waals surface area (Å²) in [6, 6.07) is 18.1. The van der Waals surface area contributed by atoms with Crippen LogP contribution in [0.15, 0.2) is 71.6 Å². The highest BCUT2D eigenvalue weighted by Gasteiger charge is 2.21. The number of sulfonamides is 1. The molecule has 0 unspecified atom stereocenters. The van der Waals surface area contributed by atoms with Crippen LogP contribution >= 0.6 is 23.2 Å². The first kappa shape index (κ1) is 22.2. The maximum atomic E-state index is 12.8. The highest BCUT2D eigenvalue weighted by molar-refractivity contribution is 7.92. The molecule has 0 saturated heterocycles. The van der Waals surface area contributed by atoms with Gasteiger partial charge < -0.3 is 5.32 Å². The minimum Gasteiger partial charge on any atom is -0.326 e. The summed E-state index contributed by atoms with van der Waals surface area (Å²) in [6.07, 6.45) is 0.163. The Morgan fingerprint density at radius 1 is 0.933 bits per heavy atom. The fraction of sp³-hybridized carbons (Fsp3) is 0.136. The molecule has 8 heteroatoms. The Labute approximate surface area is 186 Å². The molecule has 0 aromatic heterocycles. The van der Waals surface area contributed by atoms with Crippen LogP contribution in [0.25, 0.3) is 0 Å². The highest BCUT2D eigenvalue weighted by atomic mass is 35.5. The van der Waals surface area contributed by atoms with E-state index in [9.17, 15) is 13.2 Å². The fourth-order valence-electron chi connectivity index (χ4n) is 2.87. The molecule has 3 aromatic carbocycles. The number of hydrogen-bond donors (Lipinski definition) is 1. The highest BCUT2D eigenvalue weighted by Crippen LogP contribution is 2.24. The number of nitrogens with one attached hydrogen (secondary N) is 1. The van der Waals surface area contributed by atoms with Gasteiger partial charge in [0.05, 0.1) is 17.0 Å². The van der Waals surface area contributed by atoms with E-state index in [4.69, 9.17) is 23.2 Å². The molecule has 0 heterocycles. The number of benzene rings is 3. The van der Waals surface area contributed by atoms with Gasteiger partial charge in [-0.05, 0) is 72.6 Å². The maximum Gasteiger partial charge on any atom is 0.264 e. The van der Waals surface area contributed by atoms with Crippen LogP contribution in [0, 0.1) is 6.92 Å². The molecule has 1 N–H and O–H groups in total. The van der Waals surface area contributed by atoms with Crippen LogP contribution in [0.3, 0.4) is 0 Å². The normalized spacial score (nSPS) is 11.2. The van der Waals surface area contributed by atoms with Gasteiger partial charge in [0.2, 0.25) is 5.91 Å². The van der Waals surface area contributed by atoms with Crippen molar-refractivity contribution in [2.75, 3.05) is 16.7 Å². The van der Waals surface area contributed by atoms with Crippen LogP contribution in [0.4, 0.5) is 11.4 Å². The monoisotopic (exact) mass is 462 g/mol. The number of amides is 1. The van der Waals surface area contributed by atoms with Crippen molar-refractivity contribution < 1.29 is 13.2 Å². The predicted octanol–water partition coefficient (Wildman–Crippen LogP) is 5.31. The lowest BCUT2D eigenvalue weighted by atomic mass is 10.1. The fourth-order valence-corrected chi connectivity index (χ4v) is 4.42. The summed E-state index contributed by atoms with van der Waals surface area (Å²) in [4.78, 5) is 12.5. The Morgan fingerprint density at radius 3 is 2.13 bits per heavy atom. The number of anilines is 2. The smallest absolute Gasteiger partial charge is 0.264 e. The van der Waals surface area contributed by atoms with Crippen LogP contribution < -0.4 is 9.62 Å². The maximum absolute atomic E-state index is 12.8. The van der Waals surface area contributed by atoms with Crippen molar-refractivity contribution in [3.05, 3.63) is 87.9 Å². The third-order valence-corrected chi connectivity index (χ3v) is 6.89. The van der Waals surface area contributed by atoms with E-state index in [1.165, 1.54) is 35.6 Å². The quantitative estimate of drug-likeness (QED) is 0.539. The molecule has 30 heavy (non-hydrogen) atoms. The second-order valence-corrected chi connectivity index (χ2v) is 9.62. The van der Waals surface area contributed by atoms with Crippen molar-refractivity contribution in [1.29, 1.82) is 0 Å². The van der Waals surface area contributed by atoms with E-state index in [-0.39, 0.29) is 17.2 Å². The Hall–Kier alpha value is -2.54. The molecule has 0 fully saturated rings. The summed E-state index contributed by atoms with van der Waals surface area (Å²) in [5.74, 6) is -0.171. The van der Waals surface area contributed by atoms with Gasteiger partial charge in [0.25, 0.3) is 10.0 Å². The van der Waals surface area contributed by atoms with E-state index in [1.807, 2.05) is 6.92 Å². The second-order valence-electron chi connectivity index (χ2n) is 6.78. The van der Waals surface area contributed by atoms with Crippen molar-refractivity contribution in [3.63, 3.8) is 0 Å². The number of rotatable bonds is 6. The Kier molecular flexibility index (Phi) is 6.71. The number of nitrogens with zero attached hydrogens (tertiary/aromatic N) is 1. The number of halogens is 2. The SMILES string of the molecule is Cc1cc(Cl)ccc1NC(=O)Cc1ccc(N(C)S(=O)(=O)c2ccc(Cl)cc2)cc1. The predicted molar refractivity (Wildman–Crippen MR) is 122 cm³/mol. The molecule has 0 aliphatic rings. The summed E-state index contributed by atoms with van der Waals surface area (Å²) in [5, 5.41) is 3.93. The first-order valence-electron chi connectivity index (χ1n) is 9.06. The van der Waals surface area contributed by atoms with Gasteiger partial charge in [-0.2, -0.15) is 0 Å². The Balaban J connectivity index is 1.69. The minimum absolute atomic E-state index is 0.149. The molecule has 0 radical (unpaired) electrons. The molecule has 5 nitrogen and oxygen atoms in total. The zero-order valence-electron chi connectivity index (χ0n) is 16.4. The van der Waals surface area contributed by atoms with Crippen molar-refractivity contribution in [2.45, 2.75) is 18.2 Å². The molecule has 0 spiro atoms. The van der Waals surface area contributed by atoms with Gasteiger partial charge in [-0.1, -0.05) is 35.3 Å². The van der Waals surface area contributed by atoms with Gasteiger partial charge in [0.1, 0.15) is 0 Å². The molecule has 3 aromatic rings. The van der Waals surface area contributed by atoms with Crippen molar-refractivity contribution in [1.82, 2.24) is 0 Å². The third kappa shape index (κ3) is 5.14. The molecular weight excluding hydrogens is 443 g/mol. The molecule has 0 aliphatic heterocycles. The van der Waals surface area contributed by atoms with Gasteiger partial charge in [0, 0.05) is 22.8 Å². The number of hydrogen-bond acceptors (Lipinski definition) is 3. The van der Waals surface area contributed by atoms with Gasteiger partial charge in [-0.25, -0.2) is 8.42 Å². The molecule has 1 amide bonds. The van der Waals surface area contributed by atoms with Crippen molar-refractivity contribution in [2.24, 2.45) is 0 Å². The van der Waals surface area contributed by atoms with Crippen LogP contribution in [0.1, 0.15) is 11.1 Å². The lowest BCUT2D eigenvalue weighted by molar-refractivity contribution is -0.115. The average Bonchev–Trinajstić information content (AvgIpc) is 2.70. The van der Waals surface area contributed by atoms with Crippen LogP contribution in [-0.2, 0) is 21.2 Å². The van der Waals surface area contributed by atoms with Crippen molar-refractivity contribution in [3.8, 4) is 0 Å². The zero-order valence-corrected chi connectivity index (χ0v) is 18.7. The van der Waals surface area contributed by atoms with E-state index >= 15 is 0 Å². The Morgan fingerprint density at radius 2 is 1.53 bits per heavy atom. The summed E-state index contributed by atoms with van der Waals surface area (Å²) >= 11 is 11.8. The summed E-state index contributed by atoms with van der Waals surface area (Å²) < 4.78 is 26.7. The summed E-state index contributed by atoms with van der Waals surface area (Å²) in [7, 11) is -2.23. The first-order chi connectivity index (χ1) is 14.2. The lowest BCUT2D eigenvalue weighted by Gasteiger charge is -2.20. The first-order valence-corrected chi connectivity index (χ1v) is 11.3. The van der Waals surface area contributed by atoms with E-state index in [0.29, 0.717) is 21.4 Å². The molecule has 156 valence electrons. The van der Waals surface area contributed by atoms with Crippen LogP contribution in [0.2, 0.25) is 10.0 Å². The number of carbonyl (C=O) groups is 1. The molecule has 0 atom stereocenters. The van der Waals surface area contributed by atoms with Crippen LogP contribution in [0.5, 0.6) is 0 Å². The molecule has 0 bridgehead atoms. The van der Waals surface area contributed by atoms with E-state index < -0.39 is 10.0 Å².